The number of benzene rings is 1. The highest BCUT2D eigenvalue weighted by Crippen LogP contribution is 2.42. The number of halogens is 1. The summed E-state index contributed by atoms with van der Waals surface area (Å²) in [6, 6.07) is 6.45. The molecule has 0 radical (unpaired) electrons. The lowest BCUT2D eigenvalue weighted by Crippen LogP contribution is -2.47. The molecule has 1 aromatic heterocycles. The Kier molecular flexibility index (Phi) is 6.20. The molecule has 3 heterocycles. The fourth-order valence-electron chi connectivity index (χ4n) is 4.28. The van der Waals surface area contributed by atoms with Gasteiger partial charge in [-0.3, -0.25) is 14.5 Å². The molecule has 2 atom stereocenters. The first-order valence-electron chi connectivity index (χ1n) is 10.5. The maximum Gasteiger partial charge on any atom is 0.237 e. The van der Waals surface area contributed by atoms with Crippen molar-refractivity contribution in [3.05, 3.63) is 40.5 Å². The van der Waals surface area contributed by atoms with E-state index >= 15 is 0 Å². The molecule has 2 aliphatic rings. The number of thiophene rings is 1. The van der Waals surface area contributed by atoms with Crippen LogP contribution < -0.4 is 10.1 Å². The molecule has 1 N–H and O–H groups in total. The molecule has 30 heavy (non-hydrogen) atoms. The van der Waals surface area contributed by atoms with Gasteiger partial charge in [-0.15, -0.1) is 11.3 Å². The number of amides is 1. The number of hydrogen-bond donors (Lipinski definition) is 1. The lowest BCUT2D eigenvalue weighted by molar-refractivity contribution is -0.126. The van der Waals surface area contributed by atoms with E-state index in [1.807, 2.05) is 13.1 Å². The number of ketones is 1. The van der Waals surface area contributed by atoms with Crippen LogP contribution >= 0.6 is 11.3 Å². The van der Waals surface area contributed by atoms with Gasteiger partial charge < -0.3 is 10.1 Å². The molecule has 5 nitrogen and oxygen atoms in total. The Hall–Kier alpha value is -2.25. The first kappa shape index (κ1) is 21.0. The van der Waals surface area contributed by atoms with E-state index in [0.29, 0.717) is 29.2 Å². The number of nitrogens with zero attached hydrogens (tertiary/aromatic N) is 1. The number of Topliss-reactive ketones (excluding diaryl/α,β-unsaturated/α-hetero) is 1. The summed E-state index contributed by atoms with van der Waals surface area (Å²) >= 11 is 1.34. The van der Waals surface area contributed by atoms with Gasteiger partial charge in [-0.05, 0) is 57.6 Å². The lowest BCUT2D eigenvalue weighted by Gasteiger charge is -2.25. The number of likely N-dealkylation sites (N-methyl/N-ethyl adjacent to an activating group) is 1. The minimum atomic E-state index is -0.324. The van der Waals surface area contributed by atoms with Gasteiger partial charge in [-0.25, -0.2) is 4.39 Å². The van der Waals surface area contributed by atoms with Crippen LogP contribution in [0.3, 0.4) is 0 Å². The van der Waals surface area contributed by atoms with Crippen molar-refractivity contribution >= 4 is 23.0 Å². The van der Waals surface area contributed by atoms with Crippen LogP contribution in [-0.4, -0.2) is 48.9 Å². The summed E-state index contributed by atoms with van der Waals surface area (Å²) < 4.78 is 20.4. The molecule has 1 saturated heterocycles. The smallest absolute Gasteiger partial charge is 0.237 e. The summed E-state index contributed by atoms with van der Waals surface area (Å²) in [5, 5.41) is 3.04. The van der Waals surface area contributed by atoms with E-state index in [0.717, 1.165) is 42.7 Å². The molecule has 1 amide bonds. The molecule has 2 aliphatic heterocycles. The molecule has 0 saturated carbocycles. The number of ether oxygens (including phenoxy) is 1. The second-order valence-corrected chi connectivity index (χ2v) is 9.28. The van der Waals surface area contributed by atoms with Crippen molar-refractivity contribution in [1.82, 2.24) is 10.2 Å². The fourth-order valence-corrected chi connectivity index (χ4v) is 5.19. The van der Waals surface area contributed by atoms with Gasteiger partial charge in [0.15, 0.2) is 5.78 Å². The van der Waals surface area contributed by atoms with Crippen molar-refractivity contribution in [2.75, 3.05) is 20.1 Å². The second-order valence-electron chi connectivity index (χ2n) is 8.20. The monoisotopic (exact) mass is 430 g/mol. The van der Waals surface area contributed by atoms with Crippen molar-refractivity contribution in [1.29, 1.82) is 0 Å². The van der Waals surface area contributed by atoms with Gasteiger partial charge in [0.25, 0.3) is 0 Å². The fraction of sp³-hybridized carbons (Fsp3) is 0.478. The Balaban J connectivity index is 1.45. The molecule has 1 fully saturated rings. The highest BCUT2D eigenvalue weighted by Gasteiger charge is 2.30. The van der Waals surface area contributed by atoms with E-state index < -0.39 is 0 Å². The average molecular weight is 431 g/mol. The van der Waals surface area contributed by atoms with Crippen molar-refractivity contribution in [2.24, 2.45) is 0 Å². The maximum atomic E-state index is 14.2. The molecule has 0 spiro atoms. The zero-order valence-corrected chi connectivity index (χ0v) is 18.2. The molecule has 7 heteroatoms. The van der Waals surface area contributed by atoms with Crippen LogP contribution in [-0.2, 0) is 11.2 Å². The minimum Gasteiger partial charge on any atom is -0.487 e. The number of carbonyl (C=O) groups is 2. The van der Waals surface area contributed by atoms with Crippen LogP contribution in [0.5, 0.6) is 5.75 Å². The number of nitrogens with one attached hydrogen (secondary N) is 1. The Labute approximate surface area is 180 Å². The van der Waals surface area contributed by atoms with Crippen LogP contribution in [0.25, 0.3) is 10.4 Å². The topological polar surface area (TPSA) is 58.6 Å². The van der Waals surface area contributed by atoms with E-state index in [2.05, 4.69) is 10.2 Å². The molecule has 160 valence electrons. The average Bonchev–Trinajstić information content (AvgIpc) is 3.29. The Bertz CT molecular complexity index is 958. The largest absolute Gasteiger partial charge is 0.487 e. The lowest BCUT2D eigenvalue weighted by atomic mass is 10.0. The summed E-state index contributed by atoms with van der Waals surface area (Å²) in [6.45, 7) is 2.85. The zero-order chi connectivity index (χ0) is 21.3. The van der Waals surface area contributed by atoms with Crippen molar-refractivity contribution in [3.63, 3.8) is 0 Å². The Morgan fingerprint density at radius 2 is 2.10 bits per heavy atom. The number of carbonyl (C=O) groups excluding carboxylic acids is 2. The van der Waals surface area contributed by atoms with Crippen LogP contribution in [0.4, 0.5) is 4.39 Å². The third-order valence-electron chi connectivity index (χ3n) is 5.91. The molecular weight excluding hydrogens is 403 g/mol. The first-order chi connectivity index (χ1) is 14.4. The maximum absolute atomic E-state index is 14.2. The van der Waals surface area contributed by atoms with Gasteiger partial charge in [0.1, 0.15) is 17.7 Å². The summed E-state index contributed by atoms with van der Waals surface area (Å²) in [7, 11) is 2.00. The molecule has 2 unspecified atom stereocenters. The second kappa shape index (κ2) is 8.86. The number of fused-ring (bicyclic) bond motifs is 1. The summed E-state index contributed by atoms with van der Waals surface area (Å²) in [5.74, 6) is 0.355. The van der Waals surface area contributed by atoms with Crippen LogP contribution in [0.15, 0.2) is 24.3 Å². The third-order valence-corrected chi connectivity index (χ3v) is 7.13. The Morgan fingerprint density at radius 1 is 1.27 bits per heavy atom. The van der Waals surface area contributed by atoms with Crippen molar-refractivity contribution in [3.8, 4) is 16.2 Å². The molecule has 4 rings (SSSR count). The van der Waals surface area contributed by atoms with Gasteiger partial charge in [0.05, 0.1) is 17.5 Å². The summed E-state index contributed by atoms with van der Waals surface area (Å²) in [6.07, 6.45) is 4.56. The van der Waals surface area contributed by atoms with Crippen LogP contribution in [0.1, 0.15) is 47.8 Å². The van der Waals surface area contributed by atoms with Crippen molar-refractivity contribution in [2.45, 2.75) is 51.2 Å². The van der Waals surface area contributed by atoms with E-state index in [4.69, 9.17) is 4.74 Å². The molecule has 0 aliphatic carbocycles. The molecule has 1 aromatic carbocycles. The first-order valence-corrected chi connectivity index (χ1v) is 11.3. The van der Waals surface area contributed by atoms with Crippen LogP contribution in [0, 0.1) is 5.82 Å². The predicted molar refractivity (Wildman–Crippen MR) is 116 cm³/mol. The highest BCUT2D eigenvalue weighted by atomic mass is 32.1. The quantitative estimate of drug-likeness (QED) is 0.727. The van der Waals surface area contributed by atoms with Gasteiger partial charge in [-0.1, -0.05) is 12.8 Å². The number of hydrogen-bond acceptors (Lipinski definition) is 5. The highest BCUT2D eigenvalue weighted by molar-refractivity contribution is 7.17. The summed E-state index contributed by atoms with van der Waals surface area (Å²) in [5.41, 5.74) is 1.47. The Morgan fingerprint density at radius 3 is 2.87 bits per heavy atom. The van der Waals surface area contributed by atoms with Gasteiger partial charge >= 0.3 is 0 Å². The van der Waals surface area contributed by atoms with E-state index in [9.17, 15) is 14.0 Å². The zero-order valence-electron chi connectivity index (χ0n) is 17.4. The van der Waals surface area contributed by atoms with Gasteiger partial charge in [0.2, 0.25) is 5.91 Å². The SMILES string of the molecule is CC(=O)c1ccc(-c2cc(F)cc3c2OC(CNC(=O)C2CCCCCN2C)C3)s1. The standard InChI is InChI=1S/C23H27FN2O3S/c1-14(27)20-7-8-21(30-20)18-12-16(24)10-15-11-17(29-22(15)18)13-25-23(28)19-6-4-3-5-9-26(19)2/h7-8,10,12,17,19H,3-6,9,11,13H2,1-2H3,(H,25,28). The minimum absolute atomic E-state index is 0.00992. The molecule has 2 aromatic rings. The molecular formula is C23H27FN2O3S. The van der Waals surface area contributed by atoms with Gasteiger partial charge in [-0.2, -0.15) is 0 Å². The van der Waals surface area contributed by atoms with E-state index in [1.54, 1.807) is 6.07 Å². The molecule has 0 bridgehead atoms. The number of rotatable bonds is 5. The van der Waals surface area contributed by atoms with E-state index in [-0.39, 0.29) is 29.7 Å². The predicted octanol–water partition coefficient (Wildman–Crippen LogP) is 4.05. The number of likely N-dealkylation sites (tertiary alicyclic amines) is 1. The normalized spacial score (nSPS) is 21.6. The van der Waals surface area contributed by atoms with Crippen LogP contribution in [0.2, 0.25) is 0 Å². The third kappa shape index (κ3) is 4.42. The summed E-state index contributed by atoms with van der Waals surface area (Å²) in [4.78, 5) is 27.9. The van der Waals surface area contributed by atoms with E-state index in [1.165, 1.54) is 30.4 Å². The van der Waals surface area contributed by atoms with Gasteiger partial charge in [0, 0.05) is 22.4 Å². The van der Waals surface area contributed by atoms with Crippen molar-refractivity contribution < 1.29 is 18.7 Å².